The molecule has 0 bridgehead atoms. The van der Waals surface area contributed by atoms with Crippen LogP contribution in [0.1, 0.15) is 33.1 Å². The van der Waals surface area contributed by atoms with Crippen LogP contribution in [0.25, 0.3) is 22.2 Å². The molecule has 1 aliphatic rings. The highest BCUT2D eigenvalue weighted by Crippen LogP contribution is 2.32. The zero-order valence-corrected chi connectivity index (χ0v) is 21.6. The standard InChI is InChI=1S/C34H31N3O/c1-25-31(29-19-11-12-20-30(29)35-32(25)26-13-5-2-6-14-26)34(38)37-23-21-36(22-24-37)33(27-15-7-3-8-16-27)28-17-9-4-10-18-28/h2-20,33H,21-24H2,1H3. The fourth-order valence-electron chi connectivity index (χ4n) is 5.69. The Bertz CT molecular complexity index is 1500. The third-order valence-corrected chi connectivity index (χ3v) is 7.59. The second-order valence-corrected chi connectivity index (χ2v) is 9.90. The maximum Gasteiger partial charge on any atom is 0.254 e. The van der Waals surface area contributed by atoms with Crippen LogP contribution in [0.3, 0.4) is 0 Å². The van der Waals surface area contributed by atoms with Crippen molar-refractivity contribution in [1.29, 1.82) is 0 Å². The van der Waals surface area contributed by atoms with E-state index >= 15 is 0 Å². The van der Waals surface area contributed by atoms with E-state index in [9.17, 15) is 4.79 Å². The van der Waals surface area contributed by atoms with Gasteiger partial charge in [-0.3, -0.25) is 9.69 Å². The Morgan fingerprint density at radius 3 is 1.82 bits per heavy atom. The van der Waals surface area contributed by atoms with Gasteiger partial charge in [-0.15, -0.1) is 0 Å². The molecule has 1 aliphatic heterocycles. The molecule has 38 heavy (non-hydrogen) atoms. The number of piperazine rings is 1. The van der Waals surface area contributed by atoms with Gasteiger partial charge in [-0.1, -0.05) is 109 Å². The van der Waals surface area contributed by atoms with Crippen LogP contribution in [0.5, 0.6) is 0 Å². The normalized spacial score (nSPS) is 14.2. The molecule has 5 aromatic rings. The first kappa shape index (κ1) is 24.1. The van der Waals surface area contributed by atoms with Gasteiger partial charge in [0.2, 0.25) is 0 Å². The van der Waals surface area contributed by atoms with Crippen LogP contribution < -0.4 is 0 Å². The molecule has 4 heteroatoms. The number of para-hydroxylation sites is 1. The first-order valence-electron chi connectivity index (χ1n) is 13.3. The molecule has 2 heterocycles. The van der Waals surface area contributed by atoms with Gasteiger partial charge < -0.3 is 4.90 Å². The number of rotatable bonds is 5. The first-order chi connectivity index (χ1) is 18.7. The van der Waals surface area contributed by atoms with Crippen molar-refractivity contribution in [3.8, 4) is 11.3 Å². The molecule has 1 saturated heterocycles. The molecule has 1 aromatic heterocycles. The van der Waals surface area contributed by atoms with Crippen molar-refractivity contribution in [3.63, 3.8) is 0 Å². The van der Waals surface area contributed by atoms with E-state index in [1.54, 1.807) is 0 Å². The minimum Gasteiger partial charge on any atom is -0.336 e. The maximum absolute atomic E-state index is 14.1. The summed E-state index contributed by atoms with van der Waals surface area (Å²) in [4.78, 5) is 23.6. The van der Waals surface area contributed by atoms with Crippen LogP contribution in [0, 0.1) is 6.92 Å². The molecule has 1 fully saturated rings. The Morgan fingerprint density at radius 2 is 1.21 bits per heavy atom. The highest BCUT2D eigenvalue weighted by Gasteiger charge is 2.30. The lowest BCUT2D eigenvalue weighted by Crippen LogP contribution is -2.50. The van der Waals surface area contributed by atoms with E-state index in [1.165, 1.54) is 11.1 Å². The number of hydrogen-bond donors (Lipinski definition) is 0. The number of aromatic nitrogens is 1. The maximum atomic E-state index is 14.1. The average molecular weight is 498 g/mol. The van der Waals surface area contributed by atoms with Gasteiger partial charge >= 0.3 is 0 Å². The highest BCUT2D eigenvalue weighted by atomic mass is 16.2. The Labute approximate surface area is 224 Å². The third kappa shape index (κ3) is 4.59. The molecular weight excluding hydrogens is 466 g/mol. The van der Waals surface area contributed by atoms with Gasteiger partial charge in [-0.2, -0.15) is 0 Å². The van der Waals surface area contributed by atoms with E-state index in [0.29, 0.717) is 13.1 Å². The van der Waals surface area contributed by atoms with Gasteiger partial charge in [0.15, 0.2) is 0 Å². The van der Waals surface area contributed by atoms with Gasteiger partial charge in [-0.25, -0.2) is 4.98 Å². The fraction of sp³-hybridized carbons (Fsp3) is 0.176. The van der Waals surface area contributed by atoms with Crippen molar-refractivity contribution in [1.82, 2.24) is 14.8 Å². The third-order valence-electron chi connectivity index (χ3n) is 7.59. The molecule has 188 valence electrons. The summed E-state index contributed by atoms with van der Waals surface area (Å²) in [5.41, 5.74) is 7.03. The summed E-state index contributed by atoms with van der Waals surface area (Å²) in [6.07, 6.45) is 0. The topological polar surface area (TPSA) is 36.4 Å². The minimum absolute atomic E-state index is 0.0916. The minimum atomic E-state index is 0.0916. The Balaban J connectivity index is 1.30. The van der Waals surface area contributed by atoms with Gasteiger partial charge in [0.05, 0.1) is 22.8 Å². The number of nitrogens with zero attached hydrogens (tertiary/aromatic N) is 3. The molecule has 0 atom stereocenters. The van der Waals surface area contributed by atoms with Gasteiger partial charge in [0.25, 0.3) is 5.91 Å². The summed E-state index contributed by atoms with van der Waals surface area (Å²) >= 11 is 0. The highest BCUT2D eigenvalue weighted by molar-refractivity contribution is 6.09. The molecule has 0 spiro atoms. The Hall–Kier alpha value is -4.28. The molecule has 1 amide bonds. The molecule has 0 saturated carbocycles. The van der Waals surface area contributed by atoms with Crippen LogP contribution in [0.4, 0.5) is 0 Å². The Kier molecular flexibility index (Phi) is 6.72. The van der Waals surface area contributed by atoms with Crippen LogP contribution in [-0.4, -0.2) is 46.9 Å². The van der Waals surface area contributed by atoms with Crippen molar-refractivity contribution in [2.75, 3.05) is 26.2 Å². The number of pyridine rings is 1. The molecule has 4 aromatic carbocycles. The summed E-state index contributed by atoms with van der Waals surface area (Å²) in [6.45, 7) is 5.03. The average Bonchev–Trinajstić information content (AvgIpc) is 2.99. The predicted molar refractivity (Wildman–Crippen MR) is 154 cm³/mol. The molecule has 6 rings (SSSR count). The largest absolute Gasteiger partial charge is 0.336 e. The fourth-order valence-corrected chi connectivity index (χ4v) is 5.69. The smallest absolute Gasteiger partial charge is 0.254 e. The van der Waals surface area contributed by atoms with Crippen molar-refractivity contribution < 1.29 is 4.79 Å². The molecular formula is C34H31N3O. The monoisotopic (exact) mass is 497 g/mol. The van der Waals surface area contributed by atoms with Crippen molar-refractivity contribution in [2.45, 2.75) is 13.0 Å². The van der Waals surface area contributed by atoms with Gasteiger partial charge in [0.1, 0.15) is 0 Å². The van der Waals surface area contributed by atoms with Gasteiger partial charge in [0, 0.05) is 37.1 Å². The van der Waals surface area contributed by atoms with Crippen molar-refractivity contribution in [2.24, 2.45) is 0 Å². The summed E-state index contributed by atoms with van der Waals surface area (Å²) < 4.78 is 0. The summed E-state index contributed by atoms with van der Waals surface area (Å²) in [6, 6.07) is 39.7. The molecule has 0 radical (unpaired) electrons. The zero-order valence-electron chi connectivity index (χ0n) is 21.6. The quantitative estimate of drug-likeness (QED) is 0.269. The second kappa shape index (κ2) is 10.6. The molecule has 0 aliphatic carbocycles. The van der Waals surface area contributed by atoms with E-state index in [4.69, 9.17) is 4.98 Å². The predicted octanol–water partition coefficient (Wildman–Crippen LogP) is 6.76. The Morgan fingerprint density at radius 1 is 0.684 bits per heavy atom. The number of benzene rings is 4. The number of carbonyl (C=O) groups is 1. The number of carbonyl (C=O) groups excluding carboxylic acids is 1. The van der Waals surface area contributed by atoms with E-state index in [0.717, 1.165) is 46.4 Å². The van der Waals surface area contributed by atoms with Crippen LogP contribution in [0.2, 0.25) is 0 Å². The van der Waals surface area contributed by atoms with Crippen molar-refractivity contribution >= 4 is 16.8 Å². The van der Waals surface area contributed by atoms with E-state index in [1.807, 2.05) is 54.3 Å². The number of fused-ring (bicyclic) bond motifs is 1. The van der Waals surface area contributed by atoms with Gasteiger partial charge in [-0.05, 0) is 29.7 Å². The van der Waals surface area contributed by atoms with Crippen LogP contribution in [-0.2, 0) is 0 Å². The lowest BCUT2D eigenvalue weighted by atomic mass is 9.95. The summed E-state index contributed by atoms with van der Waals surface area (Å²) in [5.74, 6) is 0.0916. The van der Waals surface area contributed by atoms with E-state index in [2.05, 4.69) is 77.7 Å². The molecule has 4 nitrogen and oxygen atoms in total. The van der Waals surface area contributed by atoms with Crippen LogP contribution >= 0.6 is 0 Å². The summed E-state index contributed by atoms with van der Waals surface area (Å²) in [5, 5.41) is 0.920. The van der Waals surface area contributed by atoms with E-state index < -0.39 is 0 Å². The van der Waals surface area contributed by atoms with Crippen LogP contribution in [0.15, 0.2) is 115 Å². The van der Waals surface area contributed by atoms with E-state index in [-0.39, 0.29) is 11.9 Å². The SMILES string of the molecule is Cc1c(-c2ccccc2)nc2ccccc2c1C(=O)N1CCN(C(c2ccccc2)c2ccccc2)CC1. The lowest BCUT2D eigenvalue weighted by Gasteiger charge is -2.40. The summed E-state index contributed by atoms with van der Waals surface area (Å²) in [7, 11) is 0. The second-order valence-electron chi connectivity index (χ2n) is 9.90. The number of hydrogen-bond acceptors (Lipinski definition) is 3. The number of amides is 1. The zero-order chi connectivity index (χ0) is 25.9. The first-order valence-corrected chi connectivity index (χ1v) is 13.3. The van der Waals surface area contributed by atoms with Crippen molar-refractivity contribution in [3.05, 3.63) is 138 Å². The lowest BCUT2D eigenvalue weighted by molar-refractivity contribution is 0.0598. The molecule has 0 unspecified atom stereocenters. The molecule has 0 N–H and O–H groups in total.